The second kappa shape index (κ2) is 11.1. The van der Waals surface area contributed by atoms with Gasteiger partial charge in [0.25, 0.3) is 0 Å². The Kier molecular flexibility index (Phi) is 6.76. The first kappa shape index (κ1) is 32.3. The van der Waals surface area contributed by atoms with Crippen LogP contribution in [-0.2, 0) is 14.7 Å². The number of aryl methyl sites for hydroxylation is 1. The van der Waals surface area contributed by atoms with Crippen molar-refractivity contribution < 1.29 is 9.31 Å². The summed E-state index contributed by atoms with van der Waals surface area (Å²) in [7, 11) is -0.436. The lowest BCUT2D eigenvalue weighted by atomic mass is 9.78. The van der Waals surface area contributed by atoms with Crippen molar-refractivity contribution in [3.05, 3.63) is 150 Å². The van der Waals surface area contributed by atoms with E-state index in [0.29, 0.717) is 0 Å². The third kappa shape index (κ3) is 4.70. The number of hydrogen-bond donors (Lipinski definition) is 0. The minimum atomic E-state index is -0.436. The average molecular weight is 691 g/mol. The molecule has 0 amide bonds. The molecule has 260 valence electrons. The molecule has 2 aliphatic rings. The van der Waals surface area contributed by atoms with Gasteiger partial charge in [-0.2, -0.15) is 0 Å². The van der Waals surface area contributed by atoms with Crippen molar-refractivity contribution in [2.45, 2.75) is 65.1 Å². The summed E-state index contributed by atoms with van der Waals surface area (Å²) >= 11 is 0. The van der Waals surface area contributed by atoms with Crippen molar-refractivity contribution in [2.24, 2.45) is 0 Å². The standard InChI is InChI=1S/C48H43BN2O2/c1-30-13-20-36-37-21-19-35(29-42(37)46(2,3)41(36)27-30)51-44-23-16-33(49-52-47(4,5)48(6,7)53-49)28-40(44)38-22-24-43-39(45(38)51)25-26-50(43)34-17-14-32(15-18-34)31-11-9-8-10-12-31/h8-29H,1-7H3. The van der Waals surface area contributed by atoms with Gasteiger partial charge >= 0.3 is 7.12 Å². The highest BCUT2D eigenvalue weighted by atomic mass is 16.7. The molecular weight excluding hydrogens is 647 g/mol. The van der Waals surface area contributed by atoms with E-state index < -0.39 is 18.3 Å². The Labute approximate surface area is 311 Å². The predicted molar refractivity (Wildman–Crippen MR) is 221 cm³/mol. The molecule has 53 heavy (non-hydrogen) atoms. The zero-order valence-corrected chi connectivity index (χ0v) is 31.5. The number of fused-ring (bicyclic) bond motifs is 8. The Hall–Kier alpha value is -5.36. The molecule has 0 radical (unpaired) electrons. The third-order valence-corrected chi connectivity index (χ3v) is 12.5. The van der Waals surface area contributed by atoms with E-state index in [0.717, 1.165) is 22.4 Å². The van der Waals surface area contributed by atoms with Crippen molar-refractivity contribution in [2.75, 3.05) is 0 Å². The fraction of sp³-hybridized carbons (Fsp3) is 0.208. The van der Waals surface area contributed by atoms with Gasteiger partial charge in [0.05, 0.1) is 27.8 Å². The van der Waals surface area contributed by atoms with Gasteiger partial charge in [-0.25, -0.2) is 0 Å². The van der Waals surface area contributed by atoms with Crippen LogP contribution in [0.2, 0.25) is 0 Å². The van der Waals surface area contributed by atoms with Crippen LogP contribution in [0, 0.1) is 6.92 Å². The molecule has 6 aromatic carbocycles. The zero-order valence-electron chi connectivity index (χ0n) is 31.5. The lowest BCUT2D eigenvalue weighted by Gasteiger charge is -2.32. The summed E-state index contributed by atoms with van der Waals surface area (Å²) in [5.74, 6) is 0. The van der Waals surface area contributed by atoms with Crippen LogP contribution < -0.4 is 5.46 Å². The zero-order chi connectivity index (χ0) is 36.4. The smallest absolute Gasteiger partial charge is 0.399 e. The number of benzene rings is 6. The SMILES string of the molecule is Cc1ccc2c(c1)C(C)(C)c1cc(-n3c4ccc(B5OC(C)(C)C(C)(C)O5)cc4c4ccc5c(ccn5-c5ccc(-c6ccccc6)cc5)c43)ccc1-2. The fourth-order valence-electron chi connectivity index (χ4n) is 8.79. The van der Waals surface area contributed by atoms with Gasteiger partial charge < -0.3 is 18.4 Å². The molecule has 1 saturated heterocycles. The first-order valence-electron chi connectivity index (χ1n) is 18.8. The number of nitrogens with zero attached hydrogens (tertiary/aromatic N) is 2. The van der Waals surface area contributed by atoms with Crippen molar-refractivity contribution in [3.63, 3.8) is 0 Å². The first-order chi connectivity index (χ1) is 25.4. The van der Waals surface area contributed by atoms with Crippen LogP contribution in [0.4, 0.5) is 0 Å². The highest BCUT2D eigenvalue weighted by Crippen LogP contribution is 2.50. The summed E-state index contributed by atoms with van der Waals surface area (Å²) < 4.78 is 17.9. The Bertz CT molecular complexity index is 2750. The van der Waals surface area contributed by atoms with E-state index in [1.165, 1.54) is 66.1 Å². The fourth-order valence-corrected chi connectivity index (χ4v) is 8.79. The summed E-state index contributed by atoms with van der Waals surface area (Å²) in [6, 6.07) is 47.0. The Morgan fingerprint density at radius 2 is 1.17 bits per heavy atom. The highest BCUT2D eigenvalue weighted by molar-refractivity contribution is 6.62. The number of rotatable bonds is 4. The van der Waals surface area contributed by atoms with Crippen LogP contribution in [0.5, 0.6) is 0 Å². The lowest BCUT2D eigenvalue weighted by molar-refractivity contribution is 0.00578. The average Bonchev–Trinajstić information content (AvgIpc) is 3.85. The molecule has 3 heterocycles. The molecule has 0 atom stereocenters. The van der Waals surface area contributed by atoms with Crippen LogP contribution in [0.1, 0.15) is 58.2 Å². The van der Waals surface area contributed by atoms with Gasteiger partial charge in [0, 0.05) is 39.1 Å². The maximum absolute atomic E-state index is 6.54. The van der Waals surface area contributed by atoms with Gasteiger partial charge in [-0.1, -0.05) is 104 Å². The summed E-state index contributed by atoms with van der Waals surface area (Å²) in [6.45, 7) is 15.4. The van der Waals surface area contributed by atoms with Crippen LogP contribution in [0.25, 0.3) is 66.3 Å². The van der Waals surface area contributed by atoms with Gasteiger partial charge in [0.1, 0.15) is 0 Å². The van der Waals surface area contributed by atoms with E-state index in [4.69, 9.17) is 9.31 Å². The Balaban J connectivity index is 1.18. The van der Waals surface area contributed by atoms with Gasteiger partial charge in [-0.05, 0) is 116 Å². The van der Waals surface area contributed by atoms with Gasteiger partial charge in [0.15, 0.2) is 0 Å². The predicted octanol–water partition coefficient (Wildman–Crippen LogP) is 11.3. The maximum Gasteiger partial charge on any atom is 0.494 e. The second-order valence-electron chi connectivity index (χ2n) is 16.6. The van der Waals surface area contributed by atoms with Gasteiger partial charge in [0.2, 0.25) is 0 Å². The summed E-state index contributed by atoms with van der Waals surface area (Å²) in [5.41, 5.74) is 15.1. The van der Waals surface area contributed by atoms with Crippen LogP contribution >= 0.6 is 0 Å². The summed E-state index contributed by atoms with van der Waals surface area (Å²) in [4.78, 5) is 0. The molecule has 0 bridgehead atoms. The number of aromatic nitrogens is 2. The quantitative estimate of drug-likeness (QED) is 0.172. The molecule has 0 unspecified atom stereocenters. The summed E-state index contributed by atoms with van der Waals surface area (Å²) in [6.07, 6.45) is 2.21. The summed E-state index contributed by atoms with van der Waals surface area (Å²) in [5, 5.41) is 3.61. The Morgan fingerprint density at radius 1 is 0.528 bits per heavy atom. The van der Waals surface area contributed by atoms with E-state index in [2.05, 4.69) is 191 Å². The monoisotopic (exact) mass is 690 g/mol. The van der Waals surface area contributed by atoms with Crippen LogP contribution in [-0.4, -0.2) is 27.5 Å². The molecule has 0 N–H and O–H groups in total. The van der Waals surface area contributed by atoms with Gasteiger partial charge in [-0.15, -0.1) is 0 Å². The Morgan fingerprint density at radius 3 is 1.91 bits per heavy atom. The number of hydrogen-bond acceptors (Lipinski definition) is 2. The molecule has 0 saturated carbocycles. The second-order valence-corrected chi connectivity index (χ2v) is 16.6. The highest BCUT2D eigenvalue weighted by Gasteiger charge is 2.51. The third-order valence-electron chi connectivity index (χ3n) is 12.5. The van der Waals surface area contributed by atoms with E-state index >= 15 is 0 Å². The van der Waals surface area contributed by atoms with Crippen molar-refractivity contribution in [1.29, 1.82) is 0 Å². The van der Waals surface area contributed by atoms with Crippen LogP contribution in [0.15, 0.2) is 134 Å². The maximum atomic E-state index is 6.54. The lowest BCUT2D eigenvalue weighted by Crippen LogP contribution is -2.41. The minimum absolute atomic E-state index is 0.111. The molecule has 1 aliphatic carbocycles. The van der Waals surface area contributed by atoms with E-state index in [1.54, 1.807) is 0 Å². The van der Waals surface area contributed by atoms with Gasteiger partial charge in [-0.3, -0.25) is 0 Å². The largest absolute Gasteiger partial charge is 0.494 e. The first-order valence-corrected chi connectivity index (χ1v) is 18.8. The minimum Gasteiger partial charge on any atom is -0.399 e. The van der Waals surface area contributed by atoms with Crippen molar-refractivity contribution in [3.8, 4) is 33.6 Å². The normalized spacial score (nSPS) is 16.8. The molecule has 8 aromatic rings. The van der Waals surface area contributed by atoms with E-state index in [-0.39, 0.29) is 5.41 Å². The molecule has 1 fully saturated rings. The molecule has 2 aromatic heterocycles. The van der Waals surface area contributed by atoms with Crippen LogP contribution in [0.3, 0.4) is 0 Å². The van der Waals surface area contributed by atoms with E-state index in [1.807, 2.05) is 0 Å². The molecule has 4 nitrogen and oxygen atoms in total. The topological polar surface area (TPSA) is 28.3 Å². The molecule has 0 spiro atoms. The molecule has 10 rings (SSSR count). The van der Waals surface area contributed by atoms with Crippen molar-refractivity contribution in [1.82, 2.24) is 9.13 Å². The van der Waals surface area contributed by atoms with E-state index in [9.17, 15) is 0 Å². The van der Waals surface area contributed by atoms with Crippen molar-refractivity contribution >= 4 is 45.3 Å². The molecule has 1 aliphatic heterocycles. The molecule has 5 heteroatoms. The molecular formula is C48H43BN2O2.